The quantitative estimate of drug-likeness (QED) is 0.614. The molecule has 0 bridgehead atoms. The molecule has 0 saturated carbocycles. The minimum absolute atomic E-state index is 0.0241. The molecule has 0 aromatic rings. The molecular formula is C13H25NO3. The van der Waals surface area contributed by atoms with Crippen LogP contribution in [-0.2, 0) is 14.3 Å². The van der Waals surface area contributed by atoms with Crippen molar-refractivity contribution < 1.29 is 14.3 Å². The highest BCUT2D eigenvalue weighted by Crippen LogP contribution is 2.12. The summed E-state index contributed by atoms with van der Waals surface area (Å²) in [6, 6.07) is 0. The van der Waals surface area contributed by atoms with Crippen molar-refractivity contribution in [3.63, 3.8) is 0 Å². The lowest BCUT2D eigenvalue weighted by Gasteiger charge is -2.25. The summed E-state index contributed by atoms with van der Waals surface area (Å²) < 4.78 is 4.88. The number of hydrogen-bond donors (Lipinski definition) is 0. The highest BCUT2D eigenvalue weighted by atomic mass is 16.5. The van der Waals surface area contributed by atoms with Crippen LogP contribution in [0.5, 0.6) is 0 Å². The molecule has 0 aromatic carbocycles. The molecule has 0 fully saturated rings. The first-order valence-corrected chi connectivity index (χ1v) is 6.54. The first-order valence-electron chi connectivity index (χ1n) is 6.54. The second-order valence-corrected chi connectivity index (χ2v) is 4.08. The van der Waals surface area contributed by atoms with Gasteiger partial charge in [-0.3, -0.25) is 9.59 Å². The Hall–Kier alpha value is -1.06. The number of carbonyl (C=O) groups is 2. The van der Waals surface area contributed by atoms with Crippen molar-refractivity contribution in [2.24, 2.45) is 5.92 Å². The maximum Gasteiger partial charge on any atom is 0.325 e. The van der Waals surface area contributed by atoms with Crippen LogP contribution in [-0.4, -0.2) is 36.5 Å². The van der Waals surface area contributed by atoms with E-state index in [4.69, 9.17) is 4.74 Å². The fourth-order valence-corrected chi connectivity index (χ4v) is 1.80. The SMILES string of the molecule is CCCN(CC(=O)OCC)C(=O)C(CC)CC. The van der Waals surface area contributed by atoms with Gasteiger partial charge in [0, 0.05) is 12.5 Å². The Bertz CT molecular complexity index is 237. The van der Waals surface area contributed by atoms with E-state index in [0.29, 0.717) is 13.2 Å². The molecule has 4 heteroatoms. The summed E-state index contributed by atoms with van der Waals surface area (Å²) in [5.41, 5.74) is 0. The molecule has 1 amide bonds. The fourth-order valence-electron chi connectivity index (χ4n) is 1.80. The van der Waals surface area contributed by atoms with Gasteiger partial charge in [0.1, 0.15) is 6.54 Å². The first kappa shape index (κ1) is 15.9. The third-order valence-electron chi connectivity index (χ3n) is 2.77. The molecule has 0 heterocycles. The van der Waals surface area contributed by atoms with Crippen LogP contribution in [0.2, 0.25) is 0 Å². The van der Waals surface area contributed by atoms with Gasteiger partial charge < -0.3 is 9.64 Å². The Balaban J connectivity index is 4.49. The van der Waals surface area contributed by atoms with Gasteiger partial charge in [-0.2, -0.15) is 0 Å². The molecule has 100 valence electrons. The number of hydrogen-bond acceptors (Lipinski definition) is 3. The van der Waals surface area contributed by atoms with Crippen LogP contribution in [0.1, 0.15) is 47.0 Å². The normalized spacial score (nSPS) is 10.4. The number of esters is 1. The van der Waals surface area contributed by atoms with Crippen LogP contribution in [0.3, 0.4) is 0 Å². The minimum Gasteiger partial charge on any atom is -0.465 e. The summed E-state index contributed by atoms with van der Waals surface area (Å²) in [7, 11) is 0. The van der Waals surface area contributed by atoms with E-state index in [1.807, 2.05) is 20.8 Å². The predicted molar refractivity (Wildman–Crippen MR) is 67.6 cm³/mol. The molecule has 4 nitrogen and oxygen atoms in total. The lowest BCUT2D eigenvalue weighted by molar-refractivity contribution is -0.150. The van der Waals surface area contributed by atoms with Crippen LogP contribution in [0.4, 0.5) is 0 Å². The highest BCUT2D eigenvalue weighted by molar-refractivity contribution is 5.83. The van der Waals surface area contributed by atoms with E-state index in [9.17, 15) is 9.59 Å². The molecule has 0 spiro atoms. The second-order valence-electron chi connectivity index (χ2n) is 4.08. The first-order chi connectivity index (χ1) is 8.10. The number of carbonyl (C=O) groups excluding carboxylic acids is 2. The van der Waals surface area contributed by atoms with Gasteiger partial charge in [-0.05, 0) is 26.2 Å². The predicted octanol–water partition coefficient (Wildman–Crippen LogP) is 2.22. The lowest BCUT2D eigenvalue weighted by atomic mass is 10.0. The van der Waals surface area contributed by atoms with E-state index in [0.717, 1.165) is 19.3 Å². The molecule has 0 saturated heterocycles. The lowest BCUT2D eigenvalue weighted by Crippen LogP contribution is -2.40. The van der Waals surface area contributed by atoms with Crippen LogP contribution >= 0.6 is 0 Å². The van der Waals surface area contributed by atoms with Crippen molar-refractivity contribution >= 4 is 11.9 Å². The van der Waals surface area contributed by atoms with Crippen molar-refractivity contribution in [3.8, 4) is 0 Å². The van der Waals surface area contributed by atoms with Gasteiger partial charge in [0.25, 0.3) is 0 Å². The molecule has 0 aliphatic heterocycles. The zero-order valence-corrected chi connectivity index (χ0v) is 11.5. The van der Waals surface area contributed by atoms with Crippen LogP contribution in [0.15, 0.2) is 0 Å². The van der Waals surface area contributed by atoms with Gasteiger partial charge in [-0.15, -0.1) is 0 Å². The van der Waals surface area contributed by atoms with E-state index >= 15 is 0 Å². The topological polar surface area (TPSA) is 46.6 Å². The monoisotopic (exact) mass is 243 g/mol. The van der Waals surface area contributed by atoms with Gasteiger partial charge in [-0.25, -0.2) is 0 Å². The minimum atomic E-state index is -0.319. The van der Waals surface area contributed by atoms with E-state index in [-0.39, 0.29) is 24.3 Å². The smallest absolute Gasteiger partial charge is 0.325 e. The zero-order chi connectivity index (χ0) is 13.3. The summed E-state index contributed by atoms with van der Waals surface area (Å²) in [6.07, 6.45) is 2.49. The third kappa shape index (κ3) is 5.71. The summed E-state index contributed by atoms with van der Waals surface area (Å²) >= 11 is 0. The van der Waals surface area contributed by atoms with E-state index in [1.54, 1.807) is 11.8 Å². The van der Waals surface area contributed by atoms with Crippen molar-refractivity contribution in [1.82, 2.24) is 4.90 Å². The summed E-state index contributed by atoms with van der Waals surface area (Å²) in [6.45, 7) is 8.83. The summed E-state index contributed by atoms with van der Waals surface area (Å²) in [5.74, 6) is -0.221. The van der Waals surface area contributed by atoms with Crippen LogP contribution < -0.4 is 0 Å². The molecule has 0 aliphatic carbocycles. The number of ether oxygens (including phenoxy) is 1. The van der Waals surface area contributed by atoms with Crippen molar-refractivity contribution in [2.75, 3.05) is 19.7 Å². The summed E-state index contributed by atoms with van der Waals surface area (Å²) in [4.78, 5) is 25.2. The Kier molecular flexibility index (Phi) is 8.46. The van der Waals surface area contributed by atoms with Gasteiger partial charge in [0.15, 0.2) is 0 Å². The molecule has 0 aliphatic rings. The van der Waals surface area contributed by atoms with Gasteiger partial charge in [0.05, 0.1) is 6.61 Å². The molecular weight excluding hydrogens is 218 g/mol. The van der Waals surface area contributed by atoms with E-state index in [1.165, 1.54) is 0 Å². The summed E-state index contributed by atoms with van der Waals surface area (Å²) in [5, 5.41) is 0. The molecule has 0 aromatic heterocycles. The average molecular weight is 243 g/mol. The van der Waals surface area contributed by atoms with Crippen LogP contribution in [0, 0.1) is 5.92 Å². The van der Waals surface area contributed by atoms with Gasteiger partial charge in [-0.1, -0.05) is 20.8 Å². The average Bonchev–Trinajstić information content (AvgIpc) is 2.30. The Morgan fingerprint density at radius 2 is 1.71 bits per heavy atom. The van der Waals surface area contributed by atoms with E-state index in [2.05, 4.69) is 0 Å². The number of nitrogens with zero attached hydrogens (tertiary/aromatic N) is 1. The molecule has 17 heavy (non-hydrogen) atoms. The van der Waals surface area contributed by atoms with Gasteiger partial charge in [0.2, 0.25) is 5.91 Å². The molecule has 0 rings (SSSR count). The standard InChI is InChI=1S/C13H25NO3/c1-5-9-14(10-12(15)17-8-4)13(16)11(6-2)7-3/h11H,5-10H2,1-4H3. The molecule has 0 radical (unpaired) electrons. The van der Waals surface area contributed by atoms with Crippen molar-refractivity contribution in [3.05, 3.63) is 0 Å². The fraction of sp³-hybridized carbons (Fsp3) is 0.846. The van der Waals surface area contributed by atoms with Crippen molar-refractivity contribution in [2.45, 2.75) is 47.0 Å². The number of amides is 1. The zero-order valence-electron chi connectivity index (χ0n) is 11.5. The maximum atomic E-state index is 12.2. The second kappa shape index (κ2) is 9.02. The van der Waals surface area contributed by atoms with Gasteiger partial charge >= 0.3 is 5.97 Å². The number of rotatable bonds is 8. The molecule has 0 N–H and O–H groups in total. The molecule has 0 unspecified atom stereocenters. The largest absolute Gasteiger partial charge is 0.465 e. The third-order valence-corrected chi connectivity index (χ3v) is 2.77. The van der Waals surface area contributed by atoms with Crippen molar-refractivity contribution in [1.29, 1.82) is 0 Å². The van der Waals surface area contributed by atoms with E-state index < -0.39 is 0 Å². The Morgan fingerprint density at radius 1 is 1.12 bits per heavy atom. The highest BCUT2D eigenvalue weighted by Gasteiger charge is 2.23. The Morgan fingerprint density at radius 3 is 2.12 bits per heavy atom. The van der Waals surface area contributed by atoms with Crippen LogP contribution in [0.25, 0.3) is 0 Å². The Labute approximate surface area is 104 Å². The molecule has 0 atom stereocenters. The maximum absolute atomic E-state index is 12.2.